The third-order valence-corrected chi connectivity index (χ3v) is 15.2. The van der Waals surface area contributed by atoms with E-state index in [9.17, 15) is 19.4 Å². The molecule has 8 nitrogen and oxygen atoms in total. The molecule has 3 unspecified atom stereocenters. The Kier molecular flexibility index (Phi) is 52.1. The van der Waals surface area contributed by atoms with Gasteiger partial charge in [0.1, 0.15) is 13.2 Å². The normalized spacial score (nSPS) is 14.0. The van der Waals surface area contributed by atoms with E-state index < -0.39 is 20.0 Å². The van der Waals surface area contributed by atoms with Gasteiger partial charge in [-0.1, -0.05) is 282 Å². The zero-order chi connectivity index (χ0) is 51.3. The van der Waals surface area contributed by atoms with E-state index in [1.165, 1.54) is 218 Å². The van der Waals surface area contributed by atoms with Crippen molar-refractivity contribution >= 4 is 13.7 Å². The number of phosphoric ester groups is 1. The molecule has 0 radical (unpaired) electrons. The number of hydrogen-bond acceptors (Lipinski definition) is 5. The van der Waals surface area contributed by atoms with Gasteiger partial charge in [0.25, 0.3) is 0 Å². The fourth-order valence-electron chi connectivity index (χ4n) is 9.37. The number of phosphoric acid groups is 1. The molecule has 0 aliphatic rings. The van der Waals surface area contributed by atoms with Crippen molar-refractivity contribution in [3.05, 3.63) is 24.3 Å². The van der Waals surface area contributed by atoms with Crippen molar-refractivity contribution in [1.29, 1.82) is 0 Å². The maximum absolute atomic E-state index is 13.0. The highest BCUT2D eigenvalue weighted by molar-refractivity contribution is 7.47. The van der Waals surface area contributed by atoms with Crippen LogP contribution in [0.5, 0.6) is 0 Å². The summed E-state index contributed by atoms with van der Waals surface area (Å²) in [5.41, 5.74) is 0. The SMILES string of the molecule is CCCCC/C=C\C/C=C\CCCCCCCC(=O)NC(COP(=O)(O)OCC[N+](C)(C)C)C(O)CCCCCCCCCCCCCCCCCCCCCCCCCCCCCCCCCCC. The lowest BCUT2D eigenvalue weighted by molar-refractivity contribution is -0.870. The number of aliphatic hydroxyl groups is 1. The molecule has 416 valence electrons. The maximum Gasteiger partial charge on any atom is 0.472 e. The number of rotatable bonds is 57. The van der Waals surface area contributed by atoms with Gasteiger partial charge in [0, 0.05) is 6.42 Å². The zero-order valence-corrected chi connectivity index (χ0v) is 48.4. The molecule has 0 aliphatic heterocycles. The molecule has 0 rings (SSSR count). The van der Waals surface area contributed by atoms with Gasteiger partial charge in [0.05, 0.1) is 39.9 Å². The summed E-state index contributed by atoms with van der Waals surface area (Å²) in [4.78, 5) is 23.3. The molecule has 0 bridgehead atoms. The number of quaternary nitrogens is 1. The van der Waals surface area contributed by atoms with Crippen LogP contribution in [-0.4, -0.2) is 73.4 Å². The lowest BCUT2D eigenvalue weighted by atomic mass is 10.0. The molecule has 0 saturated carbocycles. The monoisotopic (exact) mass is 1010 g/mol. The summed E-state index contributed by atoms with van der Waals surface area (Å²) in [6.07, 6.45) is 66.9. The van der Waals surface area contributed by atoms with Crippen LogP contribution in [0.2, 0.25) is 0 Å². The number of carbonyl (C=O) groups excluding carboxylic acids is 1. The Morgan fingerprint density at radius 1 is 0.486 bits per heavy atom. The second kappa shape index (κ2) is 52.8. The first kappa shape index (κ1) is 69.0. The standard InChI is InChI=1S/C61H121N2O6P/c1-6-8-10-12-14-16-18-20-22-23-24-25-26-27-28-29-30-31-32-33-34-35-36-37-38-39-41-42-44-46-48-50-52-54-60(64)59(58-69-70(66,67)68-57-56-63(3,4)5)62-61(65)55-53-51-49-47-45-43-40-21-19-17-15-13-11-9-7-2/h15,17,21,40,59-60,64H,6-14,16,18-20,22-39,41-58H2,1-5H3,(H-,62,65,66,67)/p+1/b17-15-,40-21-. The van der Waals surface area contributed by atoms with Crippen LogP contribution in [-0.2, 0) is 18.4 Å². The molecule has 0 spiro atoms. The van der Waals surface area contributed by atoms with Crippen molar-refractivity contribution in [2.75, 3.05) is 40.9 Å². The minimum atomic E-state index is -4.33. The summed E-state index contributed by atoms with van der Waals surface area (Å²) in [7, 11) is 1.62. The largest absolute Gasteiger partial charge is 0.472 e. The van der Waals surface area contributed by atoms with Crippen LogP contribution in [0.4, 0.5) is 0 Å². The number of carbonyl (C=O) groups is 1. The van der Waals surface area contributed by atoms with Crippen molar-refractivity contribution < 1.29 is 32.9 Å². The lowest BCUT2D eigenvalue weighted by Crippen LogP contribution is -2.46. The van der Waals surface area contributed by atoms with Gasteiger partial charge in [-0.05, 0) is 44.9 Å². The van der Waals surface area contributed by atoms with Crippen LogP contribution < -0.4 is 5.32 Å². The highest BCUT2D eigenvalue weighted by Crippen LogP contribution is 2.43. The van der Waals surface area contributed by atoms with E-state index in [2.05, 4.69) is 43.5 Å². The third kappa shape index (κ3) is 54.7. The molecule has 0 aromatic heterocycles. The Labute approximate surface area is 436 Å². The Bertz CT molecular complexity index is 1190. The molecule has 0 aromatic rings. The molecule has 70 heavy (non-hydrogen) atoms. The fraction of sp³-hybridized carbons (Fsp3) is 0.918. The Balaban J connectivity index is 3.98. The van der Waals surface area contributed by atoms with Gasteiger partial charge >= 0.3 is 7.82 Å². The van der Waals surface area contributed by atoms with Gasteiger partial charge in [-0.2, -0.15) is 0 Å². The van der Waals surface area contributed by atoms with Crippen LogP contribution in [0.3, 0.4) is 0 Å². The summed E-state index contributed by atoms with van der Waals surface area (Å²) < 4.78 is 23.8. The van der Waals surface area contributed by atoms with Gasteiger partial charge in [-0.25, -0.2) is 4.57 Å². The van der Waals surface area contributed by atoms with Crippen molar-refractivity contribution in [1.82, 2.24) is 5.32 Å². The number of likely N-dealkylation sites (N-methyl/N-ethyl adjacent to an activating group) is 1. The van der Waals surface area contributed by atoms with Crippen LogP contribution in [0.25, 0.3) is 0 Å². The van der Waals surface area contributed by atoms with E-state index in [0.717, 1.165) is 64.2 Å². The highest BCUT2D eigenvalue weighted by atomic mass is 31.2. The van der Waals surface area contributed by atoms with E-state index in [1.54, 1.807) is 0 Å². The molecule has 0 aromatic carbocycles. The first-order valence-electron chi connectivity index (χ1n) is 30.7. The molecule has 1 amide bonds. The Morgan fingerprint density at radius 2 is 0.814 bits per heavy atom. The van der Waals surface area contributed by atoms with E-state index in [1.807, 2.05) is 21.1 Å². The average molecular weight is 1010 g/mol. The number of allylic oxidation sites excluding steroid dienone is 4. The average Bonchev–Trinajstić information content (AvgIpc) is 3.32. The highest BCUT2D eigenvalue weighted by Gasteiger charge is 2.28. The molecule has 0 fully saturated rings. The molecule has 0 heterocycles. The Morgan fingerprint density at radius 3 is 1.20 bits per heavy atom. The number of aliphatic hydroxyl groups excluding tert-OH is 1. The van der Waals surface area contributed by atoms with E-state index in [4.69, 9.17) is 9.05 Å². The molecule has 3 atom stereocenters. The third-order valence-electron chi connectivity index (χ3n) is 14.2. The minimum Gasteiger partial charge on any atom is -0.391 e. The summed E-state index contributed by atoms with van der Waals surface area (Å²) in [5.74, 6) is -0.154. The van der Waals surface area contributed by atoms with Gasteiger partial charge in [0.15, 0.2) is 0 Å². The summed E-state index contributed by atoms with van der Waals surface area (Å²) in [6, 6.07) is -0.767. The molecule has 0 saturated heterocycles. The van der Waals surface area contributed by atoms with Crippen LogP contribution >= 0.6 is 7.82 Å². The van der Waals surface area contributed by atoms with Crippen molar-refractivity contribution in [3.63, 3.8) is 0 Å². The van der Waals surface area contributed by atoms with Gasteiger partial charge < -0.3 is 19.8 Å². The number of nitrogens with zero attached hydrogens (tertiary/aromatic N) is 1. The molecule has 0 aliphatic carbocycles. The zero-order valence-electron chi connectivity index (χ0n) is 47.5. The molecule has 3 N–H and O–H groups in total. The molecular formula is C61H122N2O6P+. The van der Waals surface area contributed by atoms with Gasteiger partial charge in [0.2, 0.25) is 5.91 Å². The number of hydrogen-bond donors (Lipinski definition) is 3. The number of amides is 1. The minimum absolute atomic E-state index is 0.0728. The molecule has 9 heteroatoms. The van der Waals surface area contributed by atoms with Gasteiger partial charge in [-0.3, -0.25) is 13.8 Å². The second-order valence-corrected chi connectivity index (χ2v) is 23.9. The van der Waals surface area contributed by atoms with Gasteiger partial charge in [-0.15, -0.1) is 0 Å². The van der Waals surface area contributed by atoms with E-state index in [0.29, 0.717) is 23.9 Å². The fourth-order valence-corrected chi connectivity index (χ4v) is 10.1. The summed E-state index contributed by atoms with van der Waals surface area (Å²) in [6.45, 7) is 4.89. The predicted molar refractivity (Wildman–Crippen MR) is 305 cm³/mol. The van der Waals surface area contributed by atoms with Crippen LogP contribution in [0.15, 0.2) is 24.3 Å². The van der Waals surface area contributed by atoms with Crippen molar-refractivity contribution in [2.45, 2.75) is 321 Å². The first-order chi connectivity index (χ1) is 34.0. The topological polar surface area (TPSA) is 105 Å². The Hall–Kier alpha value is -1.02. The van der Waals surface area contributed by atoms with Crippen molar-refractivity contribution in [3.8, 4) is 0 Å². The predicted octanol–water partition coefficient (Wildman–Crippen LogP) is 18.8. The van der Waals surface area contributed by atoms with Crippen LogP contribution in [0.1, 0.15) is 309 Å². The smallest absolute Gasteiger partial charge is 0.391 e. The number of nitrogens with one attached hydrogen (secondary N) is 1. The summed E-state index contributed by atoms with van der Waals surface area (Å²) in [5, 5.41) is 14.1. The second-order valence-electron chi connectivity index (χ2n) is 22.4. The van der Waals surface area contributed by atoms with E-state index >= 15 is 0 Å². The lowest BCUT2D eigenvalue weighted by Gasteiger charge is -2.26. The maximum atomic E-state index is 13.0. The van der Waals surface area contributed by atoms with Crippen LogP contribution in [0, 0.1) is 0 Å². The first-order valence-corrected chi connectivity index (χ1v) is 32.2. The quantitative estimate of drug-likeness (QED) is 0.0243. The summed E-state index contributed by atoms with van der Waals surface area (Å²) >= 11 is 0. The van der Waals surface area contributed by atoms with Crippen molar-refractivity contribution in [2.24, 2.45) is 0 Å². The van der Waals surface area contributed by atoms with E-state index in [-0.39, 0.29) is 19.1 Å². The molecular weight excluding hydrogens is 888 g/mol. The number of unbranched alkanes of at least 4 members (excludes halogenated alkanes) is 40.